The molecule has 0 radical (unpaired) electrons. The van der Waals surface area contributed by atoms with Crippen molar-refractivity contribution in [2.24, 2.45) is 4.99 Å². The van der Waals surface area contributed by atoms with Gasteiger partial charge in [-0.2, -0.15) is 0 Å². The maximum atomic E-state index is 11.0. The van der Waals surface area contributed by atoms with E-state index in [9.17, 15) is 9.59 Å². The van der Waals surface area contributed by atoms with Crippen LogP contribution in [-0.2, 0) is 9.59 Å². The summed E-state index contributed by atoms with van der Waals surface area (Å²) in [5.41, 5.74) is 0.818. The van der Waals surface area contributed by atoms with Crippen molar-refractivity contribution in [2.45, 2.75) is 10.9 Å². The van der Waals surface area contributed by atoms with Gasteiger partial charge < -0.3 is 10.2 Å². The Balaban J connectivity index is 1.84. The van der Waals surface area contributed by atoms with E-state index in [-0.39, 0.29) is 0 Å². The number of fused-ring (bicyclic) bond motifs is 1. The standard InChI is InChI=1S/C14H10N2O4S3/c17-11(18)3-4-21-7-1-2-8-10(5-7)23-13(15-8)12-16-9(6-22-12)14(19)20/h1-5,9H,6H2,(H,17,18)(H,19,20)/b4-3+/t9-/m1/s1. The molecule has 0 aliphatic carbocycles. The summed E-state index contributed by atoms with van der Waals surface area (Å²) in [6.45, 7) is 0. The largest absolute Gasteiger partial charge is 0.480 e. The number of hydrogen-bond donors (Lipinski definition) is 2. The maximum Gasteiger partial charge on any atom is 0.329 e. The minimum atomic E-state index is -0.983. The molecule has 0 unspecified atom stereocenters. The molecule has 2 aromatic rings. The molecule has 0 spiro atoms. The summed E-state index contributed by atoms with van der Waals surface area (Å²) in [7, 11) is 0. The van der Waals surface area contributed by atoms with Crippen LogP contribution in [0.4, 0.5) is 0 Å². The molecule has 1 aromatic heterocycles. The lowest BCUT2D eigenvalue weighted by Gasteiger charge is -1.94. The molecular formula is C14H10N2O4S3. The summed E-state index contributed by atoms with van der Waals surface area (Å²) >= 11 is 4.17. The van der Waals surface area contributed by atoms with Gasteiger partial charge in [-0.05, 0) is 23.6 Å². The summed E-state index contributed by atoms with van der Waals surface area (Å²) in [6.07, 6.45) is 1.09. The van der Waals surface area contributed by atoms with Crippen LogP contribution in [0.1, 0.15) is 5.01 Å². The van der Waals surface area contributed by atoms with Gasteiger partial charge in [0.1, 0.15) is 10.1 Å². The van der Waals surface area contributed by atoms with Crippen LogP contribution in [0.3, 0.4) is 0 Å². The molecule has 1 aromatic carbocycles. The number of aromatic nitrogens is 1. The molecule has 0 amide bonds. The fourth-order valence-corrected chi connectivity index (χ4v) is 4.71. The SMILES string of the molecule is O=C(O)/C=C/Sc1ccc2nc(C3=N[C@@H](C(=O)O)CS3)sc2c1. The van der Waals surface area contributed by atoms with E-state index in [1.807, 2.05) is 18.2 Å². The van der Waals surface area contributed by atoms with Gasteiger partial charge in [-0.1, -0.05) is 11.8 Å². The molecule has 6 nitrogen and oxygen atoms in total. The zero-order valence-electron chi connectivity index (χ0n) is 11.5. The number of carbonyl (C=O) groups is 2. The Kier molecular flexibility index (Phi) is 4.69. The first-order valence-corrected chi connectivity index (χ1v) is 9.11. The van der Waals surface area contributed by atoms with Crippen molar-refractivity contribution in [3.8, 4) is 0 Å². The van der Waals surface area contributed by atoms with Gasteiger partial charge in [-0.3, -0.25) is 4.99 Å². The summed E-state index contributed by atoms with van der Waals surface area (Å²) in [4.78, 5) is 31.0. The van der Waals surface area contributed by atoms with Gasteiger partial charge in [-0.15, -0.1) is 23.1 Å². The van der Waals surface area contributed by atoms with E-state index in [1.54, 1.807) is 0 Å². The highest BCUT2D eigenvalue weighted by Crippen LogP contribution is 2.32. The zero-order chi connectivity index (χ0) is 16.4. The molecule has 23 heavy (non-hydrogen) atoms. The molecule has 0 bridgehead atoms. The molecular weight excluding hydrogens is 356 g/mol. The quantitative estimate of drug-likeness (QED) is 0.620. The number of aliphatic imine (C=N–C) groups is 1. The number of hydrogen-bond acceptors (Lipinski definition) is 7. The average Bonchev–Trinajstić information content (AvgIpc) is 3.13. The normalized spacial score (nSPS) is 17.7. The van der Waals surface area contributed by atoms with Gasteiger partial charge in [0.05, 0.1) is 10.2 Å². The number of nitrogens with zero attached hydrogens (tertiary/aromatic N) is 2. The second-order valence-corrected chi connectivity index (χ2v) is 7.53. The summed E-state index contributed by atoms with van der Waals surface area (Å²) in [5, 5.41) is 20.5. The predicted molar refractivity (Wildman–Crippen MR) is 92.7 cm³/mol. The van der Waals surface area contributed by atoms with E-state index in [2.05, 4.69) is 9.98 Å². The minimum Gasteiger partial charge on any atom is -0.480 e. The highest BCUT2D eigenvalue weighted by Gasteiger charge is 2.26. The Labute approximate surface area is 143 Å². The van der Waals surface area contributed by atoms with Crippen LogP contribution in [-0.4, -0.2) is 44.0 Å². The maximum absolute atomic E-state index is 11.0. The van der Waals surface area contributed by atoms with Gasteiger partial charge in [0.25, 0.3) is 0 Å². The van der Waals surface area contributed by atoms with Crippen molar-refractivity contribution in [1.29, 1.82) is 0 Å². The van der Waals surface area contributed by atoms with Crippen LogP contribution >= 0.6 is 34.9 Å². The number of aliphatic carboxylic acids is 2. The van der Waals surface area contributed by atoms with Gasteiger partial charge >= 0.3 is 11.9 Å². The van der Waals surface area contributed by atoms with Crippen LogP contribution in [0, 0.1) is 0 Å². The van der Waals surface area contributed by atoms with Crippen molar-refractivity contribution >= 4 is 62.1 Å². The molecule has 0 fully saturated rings. The second-order valence-electron chi connectivity index (χ2n) is 4.51. The second kappa shape index (κ2) is 6.73. The molecule has 0 saturated carbocycles. The Morgan fingerprint density at radius 2 is 2.17 bits per heavy atom. The molecule has 2 heterocycles. The number of thiazole rings is 1. The third kappa shape index (κ3) is 3.74. The first-order chi connectivity index (χ1) is 11.0. The number of carboxylic acid groups (broad SMARTS) is 2. The number of rotatable bonds is 5. The molecule has 1 aliphatic heterocycles. The highest BCUT2D eigenvalue weighted by atomic mass is 32.2. The van der Waals surface area contributed by atoms with Gasteiger partial charge in [0.2, 0.25) is 0 Å². The van der Waals surface area contributed by atoms with Crippen LogP contribution in [0.25, 0.3) is 10.2 Å². The van der Waals surface area contributed by atoms with E-state index in [4.69, 9.17) is 10.2 Å². The van der Waals surface area contributed by atoms with Crippen LogP contribution in [0.2, 0.25) is 0 Å². The van der Waals surface area contributed by atoms with Crippen molar-refractivity contribution in [3.05, 3.63) is 34.7 Å². The van der Waals surface area contributed by atoms with Crippen molar-refractivity contribution in [2.75, 3.05) is 5.75 Å². The van der Waals surface area contributed by atoms with E-state index < -0.39 is 18.0 Å². The fourth-order valence-electron chi connectivity index (χ4n) is 1.86. The highest BCUT2D eigenvalue weighted by molar-refractivity contribution is 8.15. The Bertz CT molecular complexity index is 844. The van der Waals surface area contributed by atoms with E-state index in [0.29, 0.717) is 10.8 Å². The zero-order valence-corrected chi connectivity index (χ0v) is 14.0. The van der Waals surface area contributed by atoms with Crippen LogP contribution < -0.4 is 0 Å². The van der Waals surface area contributed by atoms with E-state index >= 15 is 0 Å². The molecule has 0 saturated heterocycles. The van der Waals surface area contributed by atoms with Crippen molar-refractivity contribution in [1.82, 2.24) is 4.98 Å². The number of benzene rings is 1. The monoisotopic (exact) mass is 366 g/mol. The number of carboxylic acids is 2. The Hall–Kier alpha value is -1.84. The first kappa shape index (κ1) is 16.0. The van der Waals surface area contributed by atoms with Gasteiger partial charge in [-0.25, -0.2) is 14.6 Å². The minimum absolute atomic E-state index is 0.432. The summed E-state index contributed by atoms with van der Waals surface area (Å²) < 4.78 is 0.954. The lowest BCUT2D eigenvalue weighted by molar-refractivity contribution is -0.137. The predicted octanol–water partition coefficient (Wildman–Crippen LogP) is 2.93. The average molecular weight is 366 g/mol. The van der Waals surface area contributed by atoms with Gasteiger partial charge in [0, 0.05) is 16.7 Å². The smallest absolute Gasteiger partial charge is 0.329 e. The third-order valence-corrected chi connectivity index (χ3v) is 5.90. The van der Waals surface area contributed by atoms with E-state index in [0.717, 1.165) is 26.2 Å². The summed E-state index contributed by atoms with van der Waals surface area (Å²) in [5.74, 6) is -1.47. The molecule has 1 aliphatic rings. The molecule has 3 rings (SSSR count). The molecule has 9 heteroatoms. The molecule has 2 N–H and O–H groups in total. The lowest BCUT2D eigenvalue weighted by Crippen LogP contribution is -2.17. The molecule has 1 atom stereocenters. The van der Waals surface area contributed by atoms with Crippen LogP contribution in [0.15, 0.2) is 39.6 Å². The van der Waals surface area contributed by atoms with Crippen LogP contribution in [0.5, 0.6) is 0 Å². The number of thioether (sulfide) groups is 2. The van der Waals surface area contributed by atoms with Gasteiger partial charge in [0.15, 0.2) is 6.04 Å². The Morgan fingerprint density at radius 3 is 2.87 bits per heavy atom. The Morgan fingerprint density at radius 1 is 1.35 bits per heavy atom. The van der Waals surface area contributed by atoms with E-state index in [1.165, 1.54) is 40.3 Å². The first-order valence-electron chi connectivity index (χ1n) is 6.43. The lowest BCUT2D eigenvalue weighted by atomic mass is 10.3. The topological polar surface area (TPSA) is 99.9 Å². The third-order valence-electron chi connectivity index (χ3n) is 2.89. The summed E-state index contributed by atoms with van der Waals surface area (Å²) in [6, 6.07) is 4.96. The fraction of sp³-hybridized carbons (Fsp3) is 0.143. The molecule has 118 valence electrons. The van der Waals surface area contributed by atoms with Crippen molar-refractivity contribution < 1.29 is 19.8 Å². The van der Waals surface area contributed by atoms with Crippen molar-refractivity contribution in [3.63, 3.8) is 0 Å².